The molecule has 0 aliphatic carbocycles. The van der Waals surface area contributed by atoms with Gasteiger partial charge in [0.05, 0.1) is 23.7 Å². The second kappa shape index (κ2) is 8.82. The van der Waals surface area contributed by atoms with Gasteiger partial charge in [-0.25, -0.2) is 0 Å². The summed E-state index contributed by atoms with van der Waals surface area (Å²) in [6.07, 6.45) is 6.10. The molecule has 0 radical (unpaired) electrons. The number of amides is 2. The fourth-order valence-corrected chi connectivity index (χ4v) is 4.07. The van der Waals surface area contributed by atoms with Crippen molar-refractivity contribution < 1.29 is 14.0 Å². The monoisotopic (exact) mass is 399 g/mol. The molecule has 0 saturated carbocycles. The number of likely N-dealkylation sites (N-methyl/N-ethyl adjacent to an activating group) is 1. The lowest BCUT2D eigenvalue weighted by Crippen LogP contribution is -2.47. The van der Waals surface area contributed by atoms with Crippen molar-refractivity contribution in [2.75, 3.05) is 39.8 Å². The van der Waals surface area contributed by atoms with Crippen LogP contribution in [0.2, 0.25) is 0 Å². The molecule has 1 saturated heterocycles. The van der Waals surface area contributed by atoms with E-state index in [9.17, 15) is 9.59 Å². The summed E-state index contributed by atoms with van der Waals surface area (Å²) in [6, 6.07) is 3.72. The summed E-state index contributed by atoms with van der Waals surface area (Å²) in [4.78, 5) is 29.3. The standard InChI is InChI=1S/C21H29N5O3/c1-24-8-10-25(11-9-24)21(28)18-15-23-26-7-6-16(13-19(18)26)14-22-20(27)5-4-17-3-2-12-29-17/h2-3,12,15-16H,4-11,13-14H2,1H3,(H,22,27)/t16-/m1/s1. The van der Waals surface area contributed by atoms with Crippen LogP contribution in [-0.4, -0.2) is 71.2 Å². The van der Waals surface area contributed by atoms with E-state index in [1.165, 1.54) is 0 Å². The Balaban J connectivity index is 1.30. The van der Waals surface area contributed by atoms with E-state index in [0.29, 0.717) is 25.3 Å². The Hall–Kier alpha value is -2.61. The number of piperazine rings is 1. The van der Waals surface area contributed by atoms with Gasteiger partial charge >= 0.3 is 0 Å². The number of hydrogen-bond acceptors (Lipinski definition) is 5. The van der Waals surface area contributed by atoms with E-state index < -0.39 is 0 Å². The van der Waals surface area contributed by atoms with Gasteiger partial charge in [0.25, 0.3) is 5.91 Å². The Kier molecular flexibility index (Phi) is 5.99. The fourth-order valence-electron chi connectivity index (χ4n) is 4.07. The average molecular weight is 399 g/mol. The molecule has 2 amide bonds. The SMILES string of the molecule is CN1CCN(C(=O)c2cnn3c2C[C@H](CNC(=O)CCc2ccco2)CC3)CC1. The predicted octanol–water partition coefficient (Wildman–Crippen LogP) is 1.18. The quantitative estimate of drug-likeness (QED) is 0.789. The third-order valence-corrected chi connectivity index (χ3v) is 5.97. The molecule has 4 rings (SSSR count). The molecule has 1 fully saturated rings. The zero-order valence-electron chi connectivity index (χ0n) is 17.0. The summed E-state index contributed by atoms with van der Waals surface area (Å²) in [5.41, 5.74) is 1.73. The number of nitrogens with one attached hydrogen (secondary N) is 1. The Morgan fingerprint density at radius 2 is 2.07 bits per heavy atom. The first-order chi connectivity index (χ1) is 14.1. The van der Waals surface area contributed by atoms with E-state index in [2.05, 4.69) is 22.4 Å². The van der Waals surface area contributed by atoms with Crippen LogP contribution in [0.5, 0.6) is 0 Å². The highest BCUT2D eigenvalue weighted by Gasteiger charge is 2.29. The van der Waals surface area contributed by atoms with Gasteiger partial charge in [-0.05, 0) is 37.9 Å². The first kappa shape index (κ1) is 19.7. The largest absolute Gasteiger partial charge is 0.469 e. The van der Waals surface area contributed by atoms with Crippen molar-refractivity contribution in [3.05, 3.63) is 41.6 Å². The van der Waals surface area contributed by atoms with E-state index in [1.807, 2.05) is 21.7 Å². The van der Waals surface area contributed by atoms with Crippen LogP contribution in [-0.2, 0) is 24.2 Å². The number of aryl methyl sites for hydroxylation is 2. The molecule has 2 aliphatic heterocycles. The molecule has 29 heavy (non-hydrogen) atoms. The van der Waals surface area contributed by atoms with Crippen LogP contribution >= 0.6 is 0 Å². The van der Waals surface area contributed by atoms with Gasteiger partial charge in [0.1, 0.15) is 5.76 Å². The maximum Gasteiger partial charge on any atom is 0.257 e. The summed E-state index contributed by atoms with van der Waals surface area (Å²) < 4.78 is 7.23. The van der Waals surface area contributed by atoms with E-state index >= 15 is 0 Å². The first-order valence-electron chi connectivity index (χ1n) is 10.4. The smallest absolute Gasteiger partial charge is 0.257 e. The highest BCUT2D eigenvalue weighted by Crippen LogP contribution is 2.24. The summed E-state index contributed by atoms with van der Waals surface area (Å²) in [7, 11) is 2.08. The number of aromatic nitrogens is 2. The van der Waals surface area contributed by atoms with Crippen molar-refractivity contribution in [1.82, 2.24) is 24.9 Å². The number of carbonyl (C=O) groups is 2. The van der Waals surface area contributed by atoms with E-state index in [1.54, 1.807) is 12.5 Å². The summed E-state index contributed by atoms with van der Waals surface area (Å²) in [5.74, 6) is 1.27. The maximum atomic E-state index is 13.0. The molecule has 1 atom stereocenters. The average Bonchev–Trinajstić information content (AvgIpc) is 3.40. The number of nitrogens with zero attached hydrogens (tertiary/aromatic N) is 4. The Morgan fingerprint density at radius 1 is 1.24 bits per heavy atom. The van der Waals surface area contributed by atoms with Crippen LogP contribution in [0.4, 0.5) is 0 Å². The van der Waals surface area contributed by atoms with Gasteiger partial charge in [-0.1, -0.05) is 0 Å². The van der Waals surface area contributed by atoms with Crippen LogP contribution < -0.4 is 5.32 Å². The molecule has 8 nitrogen and oxygen atoms in total. The molecule has 2 aliphatic rings. The fraction of sp³-hybridized carbons (Fsp3) is 0.571. The van der Waals surface area contributed by atoms with Gasteiger partial charge in [0.15, 0.2) is 0 Å². The second-order valence-electron chi connectivity index (χ2n) is 8.07. The topological polar surface area (TPSA) is 83.6 Å². The lowest BCUT2D eigenvalue weighted by molar-refractivity contribution is -0.121. The van der Waals surface area contributed by atoms with E-state index in [-0.39, 0.29) is 11.8 Å². The predicted molar refractivity (Wildman–Crippen MR) is 107 cm³/mol. The summed E-state index contributed by atoms with van der Waals surface area (Å²) >= 11 is 0. The summed E-state index contributed by atoms with van der Waals surface area (Å²) in [5, 5.41) is 7.48. The molecule has 8 heteroatoms. The van der Waals surface area contributed by atoms with Crippen molar-refractivity contribution in [3.8, 4) is 0 Å². The number of carbonyl (C=O) groups excluding carboxylic acids is 2. The van der Waals surface area contributed by atoms with Crippen molar-refractivity contribution in [3.63, 3.8) is 0 Å². The van der Waals surface area contributed by atoms with Gasteiger partial charge in [-0.15, -0.1) is 0 Å². The number of hydrogen-bond donors (Lipinski definition) is 1. The zero-order valence-corrected chi connectivity index (χ0v) is 17.0. The molecule has 0 bridgehead atoms. The van der Waals surface area contributed by atoms with Gasteiger partial charge in [0, 0.05) is 52.1 Å². The van der Waals surface area contributed by atoms with Crippen molar-refractivity contribution in [1.29, 1.82) is 0 Å². The van der Waals surface area contributed by atoms with Gasteiger partial charge in [0.2, 0.25) is 5.91 Å². The highest BCUT2D eigenvalue weighted by atomic mass is 16.3. The van der Waals surface area contributed by atoms with Gasteiger partial charge < -0.3 is 19.5 Å². The summed E-state index contributed by atoms with van der Waals surface area (Å²) in [6.45, 7) is 4.75. The van der Waals surface area contributed by atoms with Crippen LogP contribution in [0.15, 0.2) is 29.0 Å². The van der Waals surface area contributed by atoms with E-state index in [0.717, 1.165) is 62.6 Å². The third-order valence-electron chi connectivity index (χ3n) is 5.97. The number of rotatable bonds is 6. The second-order valence-corrected chi connectivity index (χ2v) is 8.07. The van der Waals surface area contributed by atoms with E-state index in [4.69, 9.17) is 4.42 Å². The molecule has 1 N–H and O–H groups in total. The van der Waals surface area contributed by atoms with Crippen LogP contribution in [0.1, 0.15) is 34.7 Å². The molecular formula is C21H29N5O3. The third kappa shape index (κ3) is 4.70. The number of fused-ring (bicyclic) bond motifs is 1. The van der Waals surface area contributed by atoms with Crippen molar-refractivity contribution in [2.45, 2.75) is 32.2 Å². The molecule has 0 aromatic carbocycles. The Morgan fingerprint density at radius 3 is 2.83 bits per heavy atom. The number of furan rings is 1. The van der Waals surface area contributed by atoms with Crippen molar-refractivity contribution in [2.24, 2.45) is 5.92 Å². The first-order valence-corrected chi connectivity index (χ1v) is 10.4. The highest BCUT2D eigenvalue weighted by molar-refractivity contribution is 5.95. The minimum Gasteiger partial charge on any atom is -0.469 e. The molecule has 156 valence electrons. The molecule has 4 heterocycles. The van der Waals surface area contributed by atoms with Crippen LogP contribution in [0, 0.1) is 5.92 Å². The van der Waals surface area contributed by atoms with Gasteiger partial charge in [-0.3, -0.25) is 14.3 Å². The Bertz CT molecular complexity index is 837. The molecule has 2 aromatic heterocycles. The lowest BCUT2D eigenvalue weighted by atomic mass is 9.94. The normalized spacial score (nSPS) is 19.8. The minimum absolute atomic E-state index is 0.0363. The zero-order chi connectivity index (χ0) is 20.2. The maximum absolute atomic E-state index is 13.0. The lowest BCUT2D eigenvalue weighted by Gasteiger charge is -2.32. The van der Waals surface area contributed by atoms with Gasteiger partial charge in [-0.2, -0.15) is 5.10 Å². The molecule has 2 aromatic rings. The van der Waals surface area contributed by atoms with Crippen LogP contribution in [0.25, 0.3) is 0 Å². The minimum atomic E-state index is 0.0363. The van der Waals surface area contributed by atoms with Crippen molar-refractivity contribution >= 4 is 11.8 Å². The Labute approximate surface area is 170 Å². The molecular weight excluding hydrogens is 370 g/mol. The molecule has 0 spiro atoms. The molecule has 0 unspecified atom stereocenters. The van der Waals surface area contributed by atoms with Crippen LogP contribution in [0.3, 0.4) is 0 Å².